The Kier molecular flexibility index (Phi) is 4.73. The summed E-state index contributed by atoms with van der Waals surface area (Å²) in [6, 6.07) is 0. The first-order chi connectivity index (χ1) is 8.21. The number of aromatic nitrogens is 2. The molecule has 0 spiro atoms. The molecule has 0 unspecified atom stereocenters. The van der Waals surface area contributed by atoms with Crippen molar-refractivity contribution in [3.05, 3.63) is 11.3 Å². The van der Waals surface area contributed by atoms with Crippen LogP contribution in [0.15, 0.2) is 16.3 Å². The van der Waals surface area contributed by atoms with Crippen molar-refractivity contribution in [1.29, 1.82) is 0 Å². The minimum absolute atomic E-state index is 0.132. The molecule has 0 N–H and O–H groups in total. The molecule has 100 valence electrons. The van der Waals surface area contributed by atoms with Crippen LogP contribution in [0.2, 0.25) is 0 Å². The third kappa shape index (κ3) is 4.64. The summed E-state index contributed by atoms with van der Waals surface area (Å²) in [4.78, 5) is 12.4. The van der Waals surface area contributed by atoms with Gasteiger partial charge in [0.05, 0.1) is 6.54 Å². The maximum Gasteiger partial charge on any atom is 0.129 e. The summed E-state index contributed by atoms with van der Waals surface area (Å²) in [5.74, 6) is 0.975. The summed E-state index contributed by atoms with van der Waals surface area (Å²) in [6.45, 7) is 13.5. The summed E-state index contributed by atoms with van der Waals surface area (Å²) >= 11 is 1.47. The van der Waals surface area contributed by atoms with E-state index in [2.05, 4.69) is 60.9 Å². The van der Waals surface area contributed by atoms with Crippen LogP contribution < -0.4 is 0 Å². The van der Waals surface area contributed by atoms with Crippen molar-refractivity contribution >= 4 is 23.6 Å². The molecule has 0 atom stereocenters. The highest BCUT2D eigenvalue weighted by molar-refractivity contribution is 7.05. The molecule has 5 heteroatoms. The quantitative estimate of drug-likeness (QED) is 0.723. The van der Waals surface area contributed by atoms with E-state index in [1.54, 1.807) is 6.33 Å². The molecule has 1 aromatic rings. The lowest BCUT2D eigenvalue weighted by Crippen LogP contribution is -2.16. The maximum atomic E-state index is 4.20. The van der Waals surface area contributed by atoms with E-state index in [1.807, 2.05) is 6.21 Å². The van der Waals surface area contributed by atoms with Crippen LogP contribution in [-0.4, -0.2) is 28.0 Å². The lowest BCUT2D eigenvalue weighted by atomic mass is 9.95. The molecule has 0 saturated carbocycles. The van der Waals surface area contributed by atoms with Crippen LogP contribution in [0.3, 0.4) is 0 Å². The number of aliphatic imine (C=N–C) groups is 2. The standard InChI is InChI=1S/C7H12N2.C6H10N2S/c1-7(2,3)6-8-4-5-9-6;1-6(2,3)5-7-4-8-9-5/h4H,5H2,1-3H3;4H,1-3H3. The normalized spacial score (nSPS) is 15.1. The summed E-state index contributed by atoms with van der Waals surface area (Å²) in [7, 11) is 0. The largest absolute Gasteiger partial charge is 0.264 e. The Balaban J connectivity index is 0.000000180. The minimum atomic E-state index is 0.132. The lowest BCUT2D eigenvalue weighted by molar-refractivity contribution is 0.585. The molecule has 0 amide bonds. The van der Waals surface area contributed by atoms with E-state index in [0.29, 0.717) is 0 Å². The van der Waals surface area contributed by atoms with Crippen LogP contribution >= 0.6 is 11.5 Å². The molecule has 0 bridgehead atoms. The van der Waals surface area contributed by atoms with E-state index >= 15 is 0 Å². The summed E-state index contributed by atoms with van der Waals surface area (Å²) in [6.07, 6.45) is 3.45. The summed E-state index contributed by atoms with van der Waals surface area (Å²) in [5.41, 5.74) is 0.300. The Morgan fingerprint density at radius 3 is 1.94 bits per heavy atom. The summed E-state index contributed by atoms with van der Waals surface area (Å²) in [5, 5.41) is 1.10. The molecule has 0 aliphatic carbocycles. The molecule has 18 heavy (non-hydrogen) atoms. The van der Waals surface area contributed by atoms with Gasteiger partial charge in [-0.25, -0.2) is 9.98 Å². The minimum Gasteiger partial charge on any atom is -0.264 e. The van der Waals surface area contributed by atoms with Gasteiger partial charge in [0.2, 0.25) is 0 Å². The van der Waals surface area contributed by atoms with E-state index in [1.165, 1.54) is 11.5 Å². The highest BCUT2D eigenvalue weighted by Gasteiger charge is 2.19. The van der Waals surface area contributed by atoms with Crippen molar-refractivity contribution in [3.8, 4) is 0 Å². The van der Waals surface area contributed by atoms with Gasteiger partial charge in [0.15, 0.2) is 0 Å². The van der Waals surface area contributed by atoms with Crippen molar-refractivity contribution in [2.75, 3.05) is 6.54 Å². The van der Waals surface area contributed by atoms with Gasteiger partial charge in [-0.15, -0.1) is 0 Å². The van der Waals surface area contributed by atoms with Gasteiger partial charge in [0, 0.05) is 17.0 Å². The van der Waals surface area contributed by atoms with Crippen molar-refractivity contribution < 1.29 is 0 Å². The van der Waals surface area contributed by atoms with Crippen molar-refractivity contribution in [3.63, 3.8) is 0 Å². The zero-order valence-corrected chi connectivity index (χ0v) is 12.9. The van der Waals surface area contributed by atoms with Gasteiger partial charge in [0.1, 0.15) is 17.2 Å². The Bertz CT molecular complexity index is 419. The van der Waals surface area contributed by atoms with Gasteiger partial charge in [-0.05, 0) is 11.5 Å². The number of amidine groups is 1. The van der Waals surface area contributed by atoms with E-state index in [0.717, 1.165) is 17.4 Å². The second-order valence-corrected chi connectivity index (χ2v) is 7.00. The molecule has 0 saturated heterocycles. The van der Waals surface area contributed by atoms with Gasteiger partial charge >= 0.3 is 0 Å². The highest BCUT2D eigenvalue weighted by atomic mass is 32.1. The van der Waals surface area contributed by atoms with Crippen LogP contribution in [-0.2, 0) is 5.41 Å². The molecule has 2 rings (SSSR count). The topological polar surface area (TPSA) is 50.5 Å². The van der Waals surface area contributed by atoms with Crippen LogP contribution in [0, 0.1) is 5.41 Å². The number of rotatable bonds is 0. The molecular formula is C13H22N4S. The van der Waals surface area contributed by atoms with Crippen LogP contribution in [0.25, 0.3) is 0 Å². The monoisotopic (exact) mass is 266 g/mol. The zero-order chi connectivity index (χ0) is 13.8. The van der Waals surface area contributed by atoms with Gasteiger partial charge in [-0.1, -0.05) is 41.5 Å². The van der Waals surface area contributed by atoms with Gasteiger partial charge in [-0.3, -0.25) is 4.99 Å². The second kappa shape index (κ2) is 5.69. The number of hydrogen-bond donors (Lipinski definition) is 0. The molecule has 0 fully saturated rings. The molecule has 0 aromatic carbocycles. The predicted octanol–water partition coefficient (Wildman–Crippen LogP) is 3.35. The fraction of sp³-hybridized carbons (Fsp3) is 0.692. The van der Waals surface area contributed by atoms with Crippen molar-refractivity contribution in [1.82, 2.24) is 9.36 Å². The van der Waals surface area contributed by atoms with Crippen LogP contribution in [0.5, 0.6) is 0 Å². The van der Waals surface area contributed by atoms with Crippen LogP contribution in [0.4, 0.5) is 0 Å². The first-order valence-electron chi connectivity index (χ1n) is 6.06. The molecule has 4 nitrogen and oxygen atoms in total. The first-order valence-corrected chi connectivity index (χ1v) is 6.83. The zero-order valence-electron chi connectivity index (χ0n) is 12.1. The van der Waals surface area contributed by atoms with Crippen molar-refractivity contribution in [2.45, 2.75) is 47.0 Å². The molecule has 2 heterocycles. The third-order valence-corrected chi connectivity index (χ3v) is 3.30. The van der Waals surface area contributed by atoms with Gasteiger partial charge in [-0.2, -0.15) is 4.37 Å². The number of nitrogens with zero attached hydrogens (tertiary/aromatic N) is 4. The van der Waals surface area contributed by atoms with Crippen molar-refractivity contribution in [2.24, 2.45) is 15.4 Å². The van der Waals surface area contributed by atoms with E-state index < -0.39 is 0 Å². The smallest absolute Gasteiger partial charge is 0.129 e. The van der Waals surface area contributed by atoms with E-state index in [-0.39, 0.29) is 10.8 Å². The average Bonchev–Trinajstić information content (AvgIpc) is 2.91. The average molecular weight is 266 g/mol. The summed E-state index contributed by atoms with van der Waals surface area (Å²) < 4.78 is 3.92. The Hall–Kier alpha value is -1.10. The van der Waals surface area contributed by atoms with Crippen LogP contribution in [0.1, 0.15) is 46.6 Å². The molecule has 1 aliphatic rings. The van der Waals surface area contributed by atoms with Gasteiger partial charge < -0.3 is 0 Å². The lowest BCUT2D eigenvalue weighted by Gasteiger charge is -2.14. The third-order valence-electron chi connectivity index (χ3n) is 2.21. The Labute approximate surface area is 113 Å². The Morgan fingerprint density at radius 2 is 1.72 bits per heavy atom. The maximum absolute atomic E-state index is 4.20. The SMILES string of the molecule is CC(C)(C)C1=NCC=N1.CC(C)(C)c1ncns1. The fourth-order valence-electron chi connectivity index (χ4n) is 1.23. The molecular weight excluding hydrogens is 244 g/mol. The highest BCUT2D eigenvalue weighted by Crippen LogP contribution is 2.21. The fourth-order valence-corrected chi connectivity index (χ4v) is 1.79. The molecule has 1 aliphatic heterocycles. The first kappa shape index (κ1) is 15.0. The molecule has 0 radical (unpaired) electrons. The van der Waals surface area contributed by atoms with Gasteiger partial charge in [0.25, 0.3) is 0 Å². The number of hydrogen-bond acceptors (Lipinski definition) is 5. The molecule has 1 aromatic heterocycles. The van der Waals surface area contributed by atoms with E-state index in [9.17, 15) is 0 Å². The van der Waals surface area contributed by atoms with E-state index in [4.69, 9.17) is 0 Å². The second-order valence-electron chi connectivity index (χ2n) is 6.22. The Morgan fingerprint density at radius 1 is 1.06 bits per heavy atom. The predicted molar refractivity (Wildman–Crippen MR) is 78.9 cm³/mol.